The van der Waals surface area contributed by atoms with Gasteiger partial charge in [0.25, 0.3) is 5.56 Å². The minimum Gasteiger partial charge on any atom is -0.336 e. The fraction of sp³-hybridized carbons (Fsp3) is 0.600. The Balaban J connectivity index is 1.31. The number of hydrogen-bond donors (Lipinski definition) is 0. The molecule has 0 spiro atoms. The van der Waals surface area contributed by atoms with Gasteiger partial charge in [0.05, 0.1) is 5.56 Å². The number of rotatable bonds is 5. The minimum atomic E-state index is -0.00435. The predicted octanol–water partition coefficient (Wildman–Crippen LogP) is 3.90. The van der Waals surface area contributed by atoms with E-state index in [1.807, 2.05) is 0 Å². The Kier molecular flexibility index (Phi) is 5.64. The zero-order chi connectivity index (χ0) is 20.5. The number of aryl methyl sites for hydroxylation is 1. The molecule has 160 valence electrons. The molecule has 5 heteroatoms. The van der Waals surface area contributed by atoms with Crippen molar-refractivity contribution in [3.63, 3.8) is 0 Å². The van der Waals surface area contributed by atoms with Gasteiger partial charge in [0.2, 0.25) is 5.95 Å². The van der Waals surface area contributed by atoms with Crippen LogP contribution >= 0.6 is 0 Å². The molecule has 0 saturated heterocycles. The molecule has 2 aromatic rings. The lowest BCUT2D eigenvalue weighted by molar-refractivity contribution is 0.213. The number of nitrogens with zero attached hydrogens (tertiary/aromatic N) is 4. The van der Waals surface area contributed by atoms with Crippen LogP contribution in [0, 0.1) is 12.8 Å². The molecule has 0 unspecified atom stereocenters. The molecule has 0 N–H and O–H groups in total. The maximum Gasteiger partial charge on any atom is 0.279 e. The quantitative estimate of drug-likeness (QED) is 0.755. The number of benzene rings is 1. The average molecular weight is 407 g/mol. The normalized spacial score (nSPS) is 19.7. The fourth-order valence-corrected chi connectivity index (χ4v) is 5.61. The van der Waals surface area contributed by atoms with Crippen LogP contribution in [0.25, 0.3) is 0 Å². The molecule has 2 aliphatic heterocycles. The van der Waals surface area contributed by atoms with Crippen LogP contribution in [-0.4, -0.2) is 34.1 Å². The van der Waals surface area contributed by atoms with Gasteiger partial charge in [0.15, 0.2) is 0 Å². The number of aromatic nitrogens is 2. The van der Waals surface area contributed by atoms with Gasteiger partial charge in [-0.3, -0.25) is 9.69 Å². The van der Waals surface area contributed by atoms with Crippen molar-refractivity contribution in [2.75, 3.05) is 24.5 Å². The van der Waals surface area contributed by atoms with Gasteiger partial charge < -0.3 is 9.47 Å². The van der Waals surface area contributed by atoms with Crippen molar-refractivity contribution in [3.05, 3.63) is 57.0 Å². The largest absolute Gasteiger partial charge is 0.336 e. The highest BCUT2D eigenvalue weighted by molar-refractivity contribution is 5.42. The van der Waals surface area contributed by atoms with E-state index in [4.69, 9.17) is 0 Å². The number of anilines is 1. The van der Waals surface area contributed by atoms with Crippen molar-refractivity contribution in [3.8, 4) is 0 Å². The van der Waals surface area contributed by atoms with E-state index in [0.717, 1.165) is 63.1 Å². The average Bonchev–Trinajstić information content (AvgIpc) is 3.17. The van der Waals surface area contributed by atoms with E-state index in [9.17, 15) is 4.79 Å². The lowest BCUT2D eigenvalue weighted by atomic mass is 9.87. The van der Waals surface area contributed by atoms with E-state index in [1.165, 1.54) is 55.3 Å². The molecule has 1 aromatic heterocycles. The Morgan fingerprint density at radius 2 is 1.90 bits per heavy atom. The lowest BCUT2D eigenvalue weighted by Gasteiger charge is -2.31. The highest BCUT2D eigenvalue weighted by atomic mass is 16.1. The summed E-state index contributed by atoms with van der Waals surface area (Å²) in [6.45, 7) is 7.84. The summed E-state index contributed by atoms with van der Waals surface area (Å²) in [7, 11) is 0. The molecule has 1 saturated carbocycles. The third kappa shape index (κ3) is 3.92. The Morgan fingerprint density at radius 1 is 1.07 bits per heavy atom. The first-order chi connectivity index (χ1) is 14.7. The molecule has 5 nitrogen and oxygen atoms in total. The van der Waals surface area contributed by atoms with E-state index < -0.39 is 0 Å². The van der Waals surface area contributed by atoms with Gasteiger partial charge in [-0.1, -0.05) is 56.4 Å². The van der Waals surface area contributed by atoms with E-state index >= 15 is 0 Å². The molecule has 3 heterocycles. The third-order valence-corrected chi connectivity index (χ3v) is 7.50. The van der Waals surface area contributed by atoms with Gasteiger partial charge in [-0.25, -0.2) is 0 Å². The van der Waals surface area contributed by atoms with Crippen molar-refractivity contribution in [2.45, 2.75) is 71.5 Å². The fourth-order valence-electron chi connectivity index (χ4n) is 5.61. The number of fused-ring (bicyclic) bond motifs is 3. The van der Waals surface area contributed by atoms with Gasteiger partial charge in [0, 0.05) is 44.8 Å². The zero-order valence-corrected chi connectivity index (χ0v) is 18.3. The first-order valence-electron chi connectivity index (χ1n) is 11.8. The van der Waals surface area contributed by atoms with Crippen LogP contribution in [0.4, 0.5) is 5.95 Å². The Morgan fingerprint density at radius 3 is 2.73 bits per heavy atom. The van der Waals surface area contributed by atoms with Crippen LogP contribution in [0.15, 0.2) is 29.1 Å². The second-order valence-electron chi connectivity index (χ2n) is 9.46. The Hall–Kier alpha value is -2.14. The van der Waals surface area contributed by atoms with E-state index in [0.29, 0.717) is 0 Å². The van der Waals surface area contributed by atoms with E-state index in [1.54, 1.807) is 0 Å². The molecule has 5 rings (SSSR count). The summed E-state index contributed by atoms with van der Waals surface area (Å²) in [5, 5.41) is 0. The summed E-state index contributed by atoms with van der Waals surface area (Å²) in [6, 6.07) is 8.50. The summed E-state index contributed by atoms with van der Waals surface area (Å²) in [5.41, 5.74) is 4.80. The molecule has 1 fully saturated rings. The molecule has 30 heavy (non-hydrogen) atoms. The molecule has 1 aliphatic carbocycles. The zero-order valence-electron chi connectivity index (χ0n) is 18.3. The second-order valence-corrected chi connectivity index (χ2v) is 9.46. The number of hydrogen-bond acceptors (Lipinski definition) is 4. The van der Waals surface area contributed by atoms with Crippen molar-refractivity contribution in [1.82, 2.24) is 14.5 Å². The summed E-state index contributed by atoms with van der Waals surface area (Å²) >= 11 is 0. The monoisotopic (exact) mass is 406 g/mol. The lowest BCUT2D eigenvalue weighted by Crippen LogP contribution is -2.38. The van der Waals surface area contributed by atoms with Crippen LogP contribution in [0.2, 0.25) is 0 Å². The molecule has 0 amide bonds. The van der Waals surface area contributed by atoms with Gasteiger partial charge in [-0.2, -0.15) is 4.98 Å². The van der Waals surface area contributed by atoms with Gasteiger partial charge in [0.1, 0.15) is 0 Å². The Labute approximate surface area is 179 Å². The van der Waals surface area contributed by atoms with Crippen molar-refractivity contribution < 1.29 is 0 Å². The van der Waals surface area contributed by atoms with Crippen molar-refractivity contribution >= 4 is 5.95 Å². The molecular weight excluding hydrogens is 372 g/mol. The van der Waals surface area contributed by atoms with Crippen molar-refractivity contribution in [1.29, 1.82) is 0 Å². The molecule has 1 aromatic carbocycles. The molecule has 0 radical (unpaired) electrons. The maximum atomic E-state index is 13.0. The molecule has 0 atom stereocenters. The van der Waals surface area contributed by atoms with Gasteiger partial charge in [-0.15, -0.1) is 0 Å². The highest BCUT2D eigenvalue weighted by Crippen LogP contribution is 2.29. The first kappa shape index (κ1) is 19.8. The molecule has 0 bridgehead atoms. The summed E-state index contributed by atoms with van der Waals surface area (Å²) in [5.74, 6) is 1.77. The van der Waals surface area contributed by atoms with Crippen molar-refractivity contribution in [2.24, 2.45) is 5.92 Å². The van der Waals surface area contributed by atoms with Crippen LogP contribution < -0.4 is 10.5 Å². The van der Waals surface area contributed by atoms with E-state index in [-0.39, 0.29) is 5.56 Å². The maximum absolute atomic E-state index is 13.0. The van der Waals surface area contributed by atoms with Crippen LogP contribution in [0.3, 0.4) is 0 Å². The SMILES string of the molecule is Cc1ccccc1CN1CCn2c1nc(=O)c1c2CCN(CCC2CCCCC2)C1. The molecular formula is C25H34N4O. The minimum absolute atomic E-state index is 0.00435. The first-order valence-corrected chi connectivity index (χ1v) is 11.8. The van der Waals surface area contributed by atoms with E-state index in [2.05, 4.69) is 50.5 Å². The second kappa shape index (κ2) is 8.54. The standard InChI is InChI=1S/C25H34N4O/c1-19-7-5-6-10-21(19)17-28-15-16-29-23-12-14-27(13-11-20-8-3-2-4-9-20)18-22(23)24(30)26-25(28)29/h5-7,10,20H,2-4,8-9,11-18H2,1H3. The smallest absolute Gasteiger partial charge is 0.279 e. The topological polar surface area (TPSA) is 41.4 Å². The third-order valence-electron chi connectivity index (χ3n) is 7.50. The van der Waals surface area contributed by atoms with Gasteiger partial charge >= 0.3 is 0 Å². The van der Waals surface area contributed by atoms with Gasteiger partial charge in [-0.05, 0) is 36.9 Å². The van der Waals surface area contributed by atoms with Crippen LogP contribution in [0.5, 0.6) is 0 Å². The highest BCUT2D eigenvalue weighted by Gasteiger charge is 2.29. The van der Waals surface area contributed by atoms with Crippen LogP contribution in [0.1, 0.15) is 60.9 Å². The summed E-state index contributed by atoms with van der Waals surface area (Å²) in [4.78, 5) is 22.3. The Bertz CT molecular complexity index is 960. The summed E-state index contributed by atoms with van der Waals surface area (Å²) < 4.78 is 2.33. The molecule has 3 aliphatic rings. The predicted molar refractivity (Wildman–Crippen MR) is 121 cm³/mol. The summed E-state index contributed by atoms with van der Waals surface area (Å²) in [6.07, 6.45) is 9.30. The van der Waals surface area contributed by atoms with Crippen LogP contribution in [-0.2, 0) is 26.1 Å².